The number of carbonyl (C=O) groups is 2. The van der Waals surface area contributed by atoms with Crippen LogP contribution in [0.5, 0.6) is 0 Å². The molecule has 6 heteroatoms. The van der Waals surface area contributed by atoms with E-state index in [1.165, 1.54) is 7.05 Å². The Kier molecular flexibility index (Phi) is 5.79. The van der Waals surface area contributed by atoms with Crippen molar-refractivity contribution in [3.05, 3.63) is 34.9 Å². The Balaban J connectivity index is 2.62. The van der Waals surface area contributed by atoms with Gasteiger partial charge in [0.15, 0.2) is 0 Å². The van der Waals surface area contributed by atoms with Crippen LogP contribution in [0.3, 0.4) is 0 Å². The van der Waals surface area contributed by atoms with Gasteiger partial charge in [-0.25, -0.2) is 4.79 Å². The summed E-state index contributed by atoms with van der Waals surface area (Å²) < 4.78 is 0. The summed E-state index contributed by atoms with van der Waals surface area (Å²) >= 11 is 6.07. The minimum atomic E-state index is -0.511. The highest BCUT2D eigenvalue weighted by molar-refractivity contribution is 6.31. The summed E-state index contributed by atoms with van der Waals surface area (Å²) in [4.78, 5) is 24.7. The molecule has 0 aliphatic rings. The van der Waals surface area contributed by atoms with Crippen LogP contribution in [0.4, 0.5) is 4.79 Å². The van der Waals surface area contributed by atoms with Crippen LogP contribution >= 0.6 is 11.6 Å². The van der Waals surface area contributed by atoms with Crippen molar-refractivity contribution in [2.24, 2.45) is 0 Å². The van der Waals surface area contributed by atoms with E-state index in [0.717, 1.165) is 5.56 Å². The number of hydrogen-bond donors (Lipinski definition) is 2. The Bertz CT molecular complexity index is 465. The fourth-order valence-corrected chi connectivity index (χ4v) is 1.71. The molecule has 1 aromatic carbocycles. The van der Waals surface area contributed by atoms with Crippen LogP contribution in [0, 0.1) is 0 Å². The van der Waals surface area contributed by atoms with Gasteiger partial charge in [0.1, 0.15) is 0 Å². The smallest absolute Gasteiger partial charge is 0.321 e. The number of rotatable bonds is 4. The Morgan fingerprint density at radius 3 is 2.58 bits per heavy atom. The van der Waals surface area contributed by atoms with Crippen molar-refractivity contribution in [2.75, 3.05) is 14.1 Å². The monoisotopic (exact) mass is 283 g/mol. The van der Waals surface area contributed by atoms with Gasteiger partial charge in [0.2, 0.25) is 5.91 Å². The standard InChI is InChI=1S/C13H18ClN3O2/c1-9(12(18)16-13(19)15-2)17(3)8-10-6-4-5-7-11(10)14/h4-7,9H,8H2,1-3H3,(H2,15,16,18,19). The molecule has 0 heterocycles. The summed E-state index contributed by atoms with van der Waals surface area (Å²) in [5.74, 6) is -0.353. The Hall–Kier alpha value is -1.59. The number of amides is 3. The van der Waals surface area contributed by atoms with Gasteiger partial charge in [-0.05, 0) is 25.6 Å². The number of halogens is 1. The number of carbonyl (C=O) groups excluding carboxylic acids is 2. The van der Waals surface area contributed by atoms with Crippen LogP contribution < -0.4 is 10.6 Å². The second kappa shape index (κ2) is 7.11. The largest absolute Gasteiger partial charge is 0.341 e. The van der Waals surface area contributed by atoms with Crippen molar-refractivity contribution in [3.63, 3.8) is 0 Å². The number of hydrogen-bond acceptors (Lipinski definition) is 3. The van der Waals surface area contributed by atoms with Gasteiger partial charge >= 0.3 is 6.03 Å². The molecule has 0 aliphatic carbocycles. The first kappa shape index (κ1) is 15.5. The predicted octanol–water partition coefficient (Wildman–Crippen LogP) is 1.62. The summed E-state index contributed by atoms with van der Waals surface area (Å²) in [6.45, 7) is 2.26. The molecule has 0 fully saturated rings. The zero-order chi connectivity index (χ0) is 14.4. The number of nitrogens with zero attached hydrogens (tertiary/aromatic N) is 1. The normalized spacial score (nSPS) is 12.1. The molecule has 3 amide bonds. The third-order valence-electron chi connectivity index (χ3n) is 2.88. The Labute approximate surface area is 117 Å². The zero-order valence-corrected chi connectivity index (χ0v) is 12.0. The highest BCUT2D eigenvalue weighted by atomic mass is 35.5. The SMILES string of the molecule is CNC(=O)NC(=O)C(C)N(C)Cc1ccccc1Cl. The topological polar surface area (TPSA) is 61.4 Å². The van der Waals surface area contributed by atoms with Gasteiger partial charge in [0.25, 0.3) is 0 Å². The number of likely N-dealkylation sites (N-methyl/N-ethyl adjacent to an activating group) is 1. The first-order valence-electron chi connectivity index (χ1n) is 5.92. The molecule has 0 saturated heterocycles. The van der Waals surface area contributed by atoms with E-state index in [2.05, 4.69) is 10.6 Å². The van der Waals surface area contributed by atoms with E-state index in [0.29, 0.717) is 11.6 Å². The van der Waals surface area contributed by atoms with Gasteiger partial charge < -0.3 is 5.32 Å². The molecular weight excluding hydrogens is 266 g/mol. The van der Waals surface area contributed by atoms with E-state index in [9.17, 15) is 9.59 Å². The molecule has 0 aliphatic heterocycles. The van der Waals surface area contributed by atoms with Crippen LogP contribution in [0.15, 0.2) is 24.3 Å². The van der Waals surface area contributed by atoms with Gasteiger partial charge in [-0.3, -0.25) is 15.0 Å². The molecule has 0 aromatic heterocycles. The minimum absolute atomic E-state index is 0.353. The van der Waals surface area contributed by atoms with E-state index in [4.69, 9.17) is 11.6 Å². The van der Waals surface area contributed by atoms with Crippen molar-refractivity contribution in [1.82, 2.24) is 15.5 Å². The average molecular weight is 284 g/mol. The summed E-state index contributed by atoms with van der Waals surface area (Å²) in [5, 5.41) is 5.25. The average Bonchev–Trinajstić information content (AvgIpc) is 2.40. The van der Waals surface area contributed by atoms with Crippen molar-refractivity contribution in [1.29, 1.82) is 0 Å². The molecule has 1 unspecified atom stereocenters. The maximum atomic E-state index is 11.8. The number of benzene rings is 1. The Morgan fingerprint density at radius 1 is 1.37 bits per heavy atom. The summed E-state index contributed by atoms with van der Waals surface area (Å²) in [6, 6.07) is 6.51. The maximum absolute atomic E-state index is 11.8. The van der Waals surface area contributed by atoms with Crippen molar-refractivity contribution >= 4 is 23.5 Å². The molecule has 19 heavy (non-hydrogen) atoms. The molecule has 5 nitrogen and oxygen atoms in total. The second-order valence-electron chi connectivity index (χ2n) is 4.25. The number of nitrogens with one attached hydrogen (secondary N) is 2. The minimum Gasteiger partial charge on any atom is -0.341 e. The lowest BCUT2D eigenvalue weighted by atomic mass is 10.2. The fraction of sp³-hybridized carbons (Fsp3) is 0.385. The lowest BCUT2D eigenvalue weighted by Gasteiger charge is -2.23. The number of urea groups is 1. The van der Waals surface area contributed by atoms with Gasteiger partial charge in [-0.15, -0.1) is 0 Å². The molecule has 1 rings (SSSR count). The number of imide groups is 1. The quantitative estimate of drug-likeness (QED) is 0.883. The molecule has 1 atom stereocenters. The Morgan fingerprint density at radius 2 is 2.00 bits per heavy atom. The van der Waals surface area contributed by atoms with Crippen molar-refractivity contribution in [2.45, 2.75) is 19.5 Å². The van der Waals surface area contributed by atoms with Gasteiger partial charge in [-0.2, -0.15) is 0 Å². The van der Waals surface area contributed by atoms with Crippen LogP contribution in [0.1, 0.15) is 12.5 Å². The highest BCUT2D eigenvalue weighted by Gasteiger charge is 2.20. The van der Waals surface area contributed by atoms with Gasteiger partial charge in [-0.1, -0.05) is 29.8 Å². The molecule has 2 N–H and O–H groups in total. The fourth-order valence-electron chi connectivity index (χ4n) is 1.51. The third kappa shape index (κ3) is 4.54. The van der Waals surface area contributed by atoms with Crippen molar-refractivity contribution < 1.29 is 9.59 Å². The predicted molar refractivity (Wildman–Crippen MR) is 75.0 cm³/mol. The van der Waals surface area contributed by atoms with Crippen molar-refractivity contribution in [3.8, 4) is 0 Å². The molecule has 0 radical (unpaired) electrons. The third-order valence-corrected chi connectivity index (χ3v) is 3.25. The van der Waals surface area contributed by atoms with E-state index >= 15 is 0 Å². The van der Waals surface area contributed by atoms with Gasteiger partial charge in [0.05, 0.1) is 6.04 Å². The molecule has 0 spiro atoms. The molecule has 0 bridgehead atoms. The lowest BCUT2D eigenvalue weighted by Crippen LogP contribution is -2.47. The molecule has 104 valence electrons. The maximum Gasteiger partial charge on any atom is 0.321 e. The highest BCUT2D eigenvalue weighted by Crippen LogP contribution is 2.17. The van der Waals surface area contributed by atoms with E-state index in [1.54, 1.807) is 20.0 Å². The van der Waals surface area contributed by atoms with E-state index in [1.807, 2.05) is 23.1 Å². The molecule has 0 saturated carbocycles. The zero-order valence-electron chi connectivity index (χ0n) is 11.2. The van der Waals surface area contributed by atoms with Crippen LogP contribution in [-0.2, 0) is 11.3 Å². The molecular formula is C13H18ClN3O2. The van der Waals surface area contributed by atoms with E-state index in [-0.39, 0.29) is 5.91 Å². The lowest BCUT2D eigenvalue weighted by molar-refractivity contribution is -0.124. The first-order chi connectivity index (χ1) is 8.95. The first-order valence-corrected chi connectivity index (χ1v) is 6.29. The van der Waals surface area contributed by atoms with E-state index < -0.39 is 12.1 Å². The van der Waals surface area contributed by atoms with Crippen LogP contribution in [0.2, 0.25) is 5.02 Å². The van der Waals surface area contributed by atoms with Gasteiger partial charge in [0, 0.05) is 18.6 Å². The summed E-state index contributed by atoms with van der Waals surface area (Å²) in [7, 11) is 3.26. The summed E-state index contributed by atoms with van der Waals surface area (Å²) in [5.41, 5.74) is 0.936. The summed E-state index contributed by atoms with van der Waals surface area (Å²) in [6.07, 6.45) is 0. The van der Waals surface area contributed by atoms with Crippen LogP contribution in [-0.4, -0.2) is 37.0 Å². The van der Waals surface area contributed by atoms with Crippen LogP contribution in [0.25, 0.3) is 0 Å². The second-order valence-corrected chi connectivity index (χ2v) is 4.66. The molecule has 1 aromatic rings.